The second kappa shape index (κ2) is 9.50. The monoisotopic (exact) mass is 483 g/mol. The number of hydrogen-bond acceptors (Lipinski definition) is 3. The van der Waals surface area contributed by atoms with E-state index in [0.29, 0.717) is 35.4 Å². The fraction of sp³-hybridized carbons (Fsp3) is 0.143. The van der Waals surface area contributed by atoms with Gasteiger partial charge in [-0.3, -0.25) is 0 Å². The van der Waals surface area contributed by atoms with Crippen LogP contribution in [0.5, 0.6) is 11.5 Å². The highest BCUT2D eigenvalue weighted by Crippen LogP contribution is 2.37. The van der Waals surface area contributed by atoms with Gasteiger partial charge >= 0.3 is 0 Å². The Bertz CT molecular complexity index is 985. The molecule has 3 nitrogen and oxygen atoms in total. The fourth-order valence-electron chi connectivity index (χ4n) is 2.63. The van der Waals surface area contributed by atoms with Crippen molar-refractivity contribution in [2.45, 2.75) is 13.2 Å². The van der Waals surface area contributed by atoms with Gasteiger partial charge in [0.15, 0.2) is 11.5 Å². The van der Waals surface area contributed by atoms with Crippen molar-refractivity contribution in [3.8, 4) is 11.5 Å². The Balaban J connectivity index is 1.85. The van der Waals surface area contributed by atoms with Crippen LogP contribution in [0, 0.1) is 5.82 Å². The van der Waals surface area contributed by atoms with Crippen LogP contribution in [0.25, 0.3) is 0 Å². The van der Waals surface area contributed by atoms with Crippen molar-refractivity contribution in [3.63, 3.8) is 0 Å². The first-order valence-corrected chi connectivity index (χ1v) is 9.95. The lowest BCUT2D eigenvalue weighted by Crippen LogP contribution is -2.06. The van der Waals surface area contributed by atoms with Gasteiger partial charge < -0.3 is 14.8 Å². The third-order valence-corrected chi connectivity index (χ3v) is 5.51. The molecule has 28 heavy (non-hydrogen) atoms. The molecular weight excluding hydrogens is 468 g/mol. The molecule has 146 valence electrons. The van der Waals surface area contributed by atoms with Crippen molar-refractivity contribution < 1.29 is 13.9 Å². The van der Waals surface area contributed by atoms with Gasteiger partial charge in [-0.2, -0.15) is 0 Å². The van der Waals surface area contributed by atoms with Crippen LogP contribution in [0.4, 0.5) is 10.1 Å². The number of nitrogens with one attached hydrogen (secondary N) is 1. The van der Waals surface area contributed by atoms with Gasteiger partial charge in [-0.25, -0.2) is 4.39 Å². The summed E-state index contributed by atoms with van der Waals surface area (Å²) in [6.07, 6.45) is 0. The summed E-state index contributed by atoms with van der Waals surface area (Å²) in [6.45, 7) is 0.708. The maximum absolute atomic E-state index is 13.4. The number of anilines is 1. The minimum Gasteiger partial charge on any atom is -0.493 e. The topological polar surface area (TPSA) is 30.5 Å². The van der Waals surface area contributed by atoms with Gasteiger partial charge in [0.25, 0.3) is 0 Å². The molecule has 0 aromatic heterocycles. The Morgan fingerprint density at radius 3 is 2.54 bits per heavy atom. The lowest BCUT2D eigenvalue weighted by Gasteiger charge is -2.18. The molecule has 0 aliphatic rings. The smallest absolute Gasteiger partial charge is 0.167 e. The van der Waals surface area contributed by atoms with E-state index in [2.05, 4.69) is 21.2 Å². The number of hydrogen-bond donors (Lipinski definition) is 1. The molecule has 3 rings (SSSR count). The third kappa shape index (κ3) is 4.90. The standard InChI is InChI=1S/C21H17BrCl2FNO2/c1-27-20-9-7-16(22)15(11-26-14-6-8-19(25)18(24)10-14)21(20)28-12-13-4-2-3-5-17(13)23/h2-10,26H,11-12H2,1H3. The predicted molar refractivity (Wildman–Crippen MR) is 115 cm³/mol. The van der Waals surface area contributed by atoms with Crippen molar-refractivity contribution in [2.75, 3.05) is 12.4 Å². The maximum Gasteiger partial charge on any atom is 0.167 e. The molecule has 0 radical (unpaired) electrons. The van der Waals surface area contributed by atoms with Crippen molar-refractivity contribution in [1.29, 1.82) is 0 Å². The van der Waals surface area contributed by atoms with Crippen molar-refractivity contribution in [1.82, 2.24) is 0 Å². The Morgan fingerprint density at radius 2 is 1.82 bits per heavy atom. The highest BCUT2D eigenvalue weighted by atomic mass is 79.9. The Hall–Kier alpha value is -1.95. The summed E-state index contributed by atoms with van der Waals surface area (Å²) >= 11 is 15.6. The lowest BCUT2D eigenvalue weighted by molar-refractivity contribution is 0.281. The SMILES string of the molecule is COc1ccc(Br)c(CNc2ccc(F)c(Cl)c2)c1OCc1ccccc1Cl. The Morgan fingerprint density at radius 1 is 1.04 bits per heavy atom. The molecule has 0 spiro atoms. The van der Waals surface area contributed by atoms with E-state index in [1.807, 2.05) is 36.4 Å². The molecule has 0 saturated carbocycles. The van der Waals surface area contributed by atoms with Crippen LogP contribution >= 0.6 is 39.1 Å². The normalized spacial score (nSPS) is 10.6. The van der Waals surface area contributed by atoms with Gasteiger partial charge in [0.05, 0.1) is 12.1 Å². The number of methoxy groups -OCH3 is 1. The van der Waals surface area contributed by atoms with Crippen LogP contribution in [-0.2, 0) is 13.2 Å². The summed E-state index contributed by atoms with van der Waals surface area (Å²) in [5.41, 5.74) is 2.42. The van der Waals surface area contributed by atoms with Crippen molar-refractivity contribution in [3.05, 3.63) is 86.1 Å². The molecule has 1 N–H and O–H groups in total. The van der Waals surface area contributed by atoms with Crippen LogP contribution < -0.4 is 14.8 Å². The average Bonchev–Trinajstić information content (AvgIpc) is 2.69. The van der Waals surface area contributed by atoms with Crippen LogP contribution in [0.2, 0.25) is 10.0 Å². The minimum absolute atomic E-state index is 0.0601. The highest BCUT2D eigenvalue weighted by molar-refractivity contribution is 9.10. The Kier molecular flexibility index (Phi) is 7.05. The molecule has 0 atom stereocenters. The molecule has 0 bridgehead atoms. The molecule has 0 aliphatic carbocycles. The first-order chi connectivity index (χ1) is 13.5. The largest absolute Gasteiger partial charge is 0.493 e. The molecule has 7 heteroatoms. The van der Waals surface area contributed by atoms with E-state index in [4.69, 9.17) is 32.7 Å². The minimum atomic E-state index is -0.460. The zero-order valence-electron chi connectivity index (χ0n) is 14.9. The zero-order valence-corrected chi connectivity index (χ0v) is 18.0. The second-order valence-corrected chi connectivity index (χ2v) is 7.59. The highest BCUT2D eigenvalue weighted by Gasteiger charge is 2.16. The van der Waals surface area contributed by atoms with Gasteiger partial charge in [0.1, 0.15) is 12.4 Å². The number of ether oxygens (including phenoxy) is 2. The summed E-state index contributed by atoms with van der Waals surface area (Å²) in [7, 11) is 1.59. The quantitative estimate of drug-likeness (QED) is 0.388. The summed E-state index contributed by atoms with van der Waals surface area (Å²) in [5, 5.41) is 3.92. The Labute approximate surface area is 181 Å². The molecule has 0 fully saturated rings. The summed E-state index contributed by atoms with van der Waals surface area (Å²) < 4.78 is 25.8. The molecule has 0 unspecified atom stereocenters. The van der Waals surface area contributed by atoms with Crippen molar-refractivity contribution >= 4 is 44.8 Å². The van der Waals surface area contributed by atoms with E-state index < -0.39 is 5.82 Å². The second-order valence-electron chi connectivity index (χ2n) is 5.92. The van der Waals surface area contributed by atoms with Gasteiger partial charge in [-0.05, 0) is 36.4 Å². The molecule has 3 aromatic carbocycles. The third-order valence-electron chi connectivity index (χ3n) is 4.11. The molecule has 3 aromatic rings. The van der Waals surface area contributed by atoms with Crippen LogP contribution in [0.1, 0.15) is 11.1 Å². The first-order valence-electron chi connectivity index (χ1n) is 8.40. The van der Waals surface area contributed by atoms with E-state index in [-0.39, 0.29) is 5.02 Å². The van der Waals surface area contributed by atoms with Gasteiger partial charge in [0, 0.05) is 32.9 Å². The molecule has 0 heterocycles. The van der Waals surface area contributed by atoms with E-state index >= 15 is 0 Å². The van der Waals surface area contributed by atoms with Crippen molar-refractivity contribution in [2.24, 2.45) is 0 Å². The predicted octanol–water partition coefficient (Wildman–Crippen LogP) is 7.09. The summed E-state index contributed by atoms with van der Waals surface area (Å²) in [5.74, 6) is 0.736. The van der Waals surface area contributed by atoms with E-state index in [1.54, 1.807) is 13.2 Å². The molecule has 0 aliphatic heterocycles. The molecule has 0 saturated heterocycles. The summed E-state index contributed by atoms with van der Waals surface area (Å²) in [4.78, 5) is 0. The van der Waals surface area contributed by atoms with Gasteiger partial charge in [-0.1, -0.05) is 57.3 Å². The first kappa shape index (κ1) is 20.8. The van der Waals surface area contributed by atoms with E-state index in [9.17, 15) is 4.39 Å². The number of rotatable bonds is 7. The van der Waals surface area contributed by atoms with Crippen LogP contribution in [0.15, 0.2) is 59.1 Å². The van der Waals surface area contributed by atoms with E-state index in [1.165, 1.54) is 12.1 Å². The zero-order chi connectivity index (χ0) is 20.1. The van der Waals surface area contributed by atoms with Crippen LogP contribution in [-0.4, -0.2) is 7.11 Å². The molecule has 0 amide bonds. The van der Waals surface area contributed by atoms with Crippen LogP contribution in [0.3, 0.4) is 0 Å². The number of benzene rings is 3. The number of halogens is 4. The van der Waals surface area contributed by atoms with Gasteiger partial charge in [0.2, 0.25) is 0 Å². The maximum atomic E-state index is 13.4. The average molecular weight is 485 g/mol. The van der Waals surface area contributed by atoms with E-state index in [0.717, 1.165) is 15.6 Å². The fourth-order valence-corrected chi connectivity index (χ4v) is 3.45. The lowest BCUT2D eigenvalue weighted by atomic mass is 10.1. The molecular formula is C21H17BrCl2FNO2. The van der Waals surface area contributed by atoms with Gasteiger partial charge in [-0.15, -0.1) is 0 Å². The summed E-state index contributed by atoms with van der Waals surface area (Å²) in [6, 6.07) is 15.7.